The smallest absolute Gasteiger partial charge is 0.166 e. The highest BCUT2D eigenvalue weighted by Gasteiger charge is 2.35. The summed E-state index contributed by atoms with van der Waals surface area (Å²) in [5, 5.41) is 2.22. The molecule has 1 atom stereocenters. The van der Waals surface area contributed by atoms with Crippen LogP contribution in [-0.4, -0.2) is 0 Å². The summed E-state index contributed by atoms with van der Waals surface area (Å²) >= 11 is 10.6. The van der Waals surface area contributed by atoms with Crippen LogP contribution in [0.5, 0.6) is 0 Å². The summed E-state index contributed by atoms with van der Waals surface area (Å²) < 4.78 is 38.7. The van der Waals surface area contributed by atoms with Crippen LogP contribution in [0.3, 0.4) is 0 Å². The van der Waals surface area contributed by atoms with Crippen LogP contribution in [0.15, 0.2) is 35.7 Å². The van der Waals surface area contributed by atoms with E-state index >= 15 is 0 Å². The lowest BCUT2D eigenvalue weighted by Crippen LogP contribution is -2.10. The molecule has 1 heterocycles. The van der Waals surface area contributed by atoms with E-state index in [1.165, 1.54) is 23.5 Å². The van der Waals surface area contributed by atoms with Crippen molar-refractivity contribution in [1.82, 2.24) is 0 Å². The highest BCUT2D eigenvalue weighted by Crippen LogP contribution is 2.43. The average molecular weight is 356 g/mol. The zero-order valence-electron chi connectivity index (χ0n) is 8.84. The third kappa shape index (κ3) is 2.73. The summed E-state index contributed by atoms with van der Waals surface area (Å²) in [5.41, 5.74) is -0.467. The predicted molar refractivity (Wildman–Crippen MR) is 71.5 cm³/mol. The zero-order chi connectivity index (χ0) is 13.3. The van der Waals surface area contributed by atoms with E-state index < -0.39 is 16.6 Å². The fourth-order valence-electron chi connectivity index (χ4n) is 1.60. The van der Waals surface area contributed by atoms with Crippen LogP contribution < -0.4 is 0 Å². The summed E-state index contributed by atoms with van der Waals surface area (Å²) in [5.74, 6) is 0. The van der Waals surface area contributed by atoms with Crippen molar-refractivity contribution in [1.29, 1.82) is 0 Å². The van der Waals surface area contributed by atoms with Gasteiger partial charge in [0.1, 0.15) is 0 Å². The van der Waals surface area contributed by atoms with Gasteiger partial charge in [-0.25, -0.2) is 0 Å². The highest BCUT2D eigenvalue weighted by molar-refractivity contribution is 9.09. The molecule has 0 nitrogen and oxygen atoms in total. The molecule has 6 heteroatoms. The van der Waals surface area contributed by atoms with Gasteiger partial charge in [0.05, 0.1) is 15.4 Å². The van der Waals surface area contributed by atoms with Crippen LogP contribution in [-0.2, 0) is 6.18 Å². The number of benzene rings is 1. The number of halogens is 5. The van der Waals surface area contributed by atoms with E-state index in [1.807, 2.05) is 0 Å². The molecule has 0 aliphatic carbocycles. The number of hydrogen-bond donors (Lipinski definition) is 0. The van der Waals surface area contributed by atoms with E-state index in [0.29, 0.717) is 9.90 Å². The first kappa shape index (κ1) is 13.9. The molecule has 0 bridgehead atoms. The van der Waals surface area contributed by atoms with E-state index in [9.17, 15) is 13.2 Å². The van der Waals surface area contributed by atoms with Gasteiger partial charge in [-0.05, 0) is 23.1 Å². The third-order valence-corrected chi connectivity index (χ3v) is 5.09. The van der Waals surface area contributed by atoms with Gasteiger partial charge in [-0.2, -0.15) is 13.2 Å². The van der Waals surface area contributed by atoms with E-state index in [4.69, 9.17) is 11.6 Å². The lowest BCUT2D eigenvalue weighted by Gasteiger charge is -2.16. The van der Waals surface area contributed by atoms with Gasteiger partial charge in [-0.15, -0.1) is 11.3 Å². The molecule has 2 rings (SSSR count). The Morgan fingerprint density at radius 3 is 2.39 bits per heavy atom. The lowest BCUT2D eigenvalue weighted by atomic mass is 10.0. The minimum atomic E-state index is -4.37. The van der Waals surface area contributed by atoms with Crippen molar-refractivity contribution < 1.29 is 13.2 Å². The van der Waals surface area contributed by atoms with Gasteiger partial charge in [0.25, 0.3) is 0 Å². The molecule has 0 fully saturated rings. The van der Waals surface area contributed by atoms with Crippen molar-refractivity contribution in [2.75, 3.05) is 0 Å². The Balaban J connectivity index is 2.49. The molecule has 0 spiro atoms. The standard InChI is InChI=1S/C12H7BrClF3S/c13-10(11-9(14)5-6-18-11)7-3-1-2-4-8(7)12(15,16)17/h1-6,10H. The lowest BCUT2D eigenvalue weighted by molar-refractivity contribution is -0.138. The molecule has 0 N–H and O–H groups in total. The Morgan fingerprint density at radius 1 is 1.17 bits per heavy atom. The topological polar surface area (TPSA) is 0 Å². The fraction of sp³-hybridized carbons (Fsp3) is 0.167. The maximum atomic E-state index is 12.9. The predicted octanol–water partition coefficient (Wildman–Crippen LogP) is 5.90. The Morgan fingerprint density at radius 2 is 1.83 bits per heavy atom. The molecular weight excluding hydrogens is 349 g/mol. The molecule has 1 aromatic carbocycles. The van der Waals surface area contributed by atoms with Crippen LogP contribution >= 0.6 is 38.9 Å². The van der Waals surface area contributed by atoms with Crippen LogP contribution in [0.1, 0.15) is 20.8 Å². The first-order chi connectivity index (χ1) is 8.41. The second-order valence-electron chi connectivity index (χ2n) is 3.58. The quantitative estimate of drug-likeness (QED) is 0.588. The van der Waals surface area contributed by atoms with E-state index in [-0.39, 0.29) is 5.56 Å². The fourth-order valence-corrected chi connectivity index (χ4v) is 3.86. The minimum absolute atomic E-state index is 0.175. The van der Waals surface area contributed by atoms with Crippen molar-refractivity contribution in [3.63, 3.8) is 0 Å². The number of thiophene rings is 1. The Bertz CT molecular complexity index is 550. The molecule has 18 heavy (non-hydrogen) atoms. The normalized spacial score (nSPS) is 13.6. The van der Waals surface area contributed by atoms with Crippen molar-refractivity contribution >= 4 is 38.9 Å². The monoisotopic (exact) mass is 354 g/mol. The summed E-state index contributed by atoms with van der Waals surface area (Å²) in [6, 6.07) is 7.16. The summed E-state index contributed by atoms with van der Waals surface area (Å²) in [7, 11) is 0. The van der Waals surface area contributed by atoms with Crippen molar-refractivity contribution in [3.8, 4) is 0 Å². The molecule has 96 valence electrons. The van der Waals surface area contributed by atoms with Gasteiger partial charge < -0.3 is 0 Å². The minimum Gasteiger partial charge on any atom is -0.166 e. The van der Waals surface area contributed by atoms with Crippen LogP contribution in [0, 0.1) is 0 Å². The van der Waals surface area contributed by atoms with Crippen molar-refractivity contribution in [3.05, 3.63) is 56.7 Å². The molecule has 2 aromatic rings. The molecular formula is C12H7BrClF3S. The molecule has 0 aliphatic rings. The van der Waals surface area contributed by atoms with Crippen LogP contribution in [0.2, 0.25) is 5.02 Å². The second kappa shape index (κ2) is 5.23. The zero-order valence-corrected chi connectivity index (χ0v) is 12.0. The van der Waals surface area contributed by atoms with Crippen LogP contribution in [0.4, 0.5) is 13.2 Å². The molecule has 1 aromatic heterocycles. The number of alkyl halides is 4. The molecule has 0 radical (unpaired) electrons. The molecule has 0 amide bonds. The van der Waals surface area contributed by atoms with Crippen LogP contribution in [0.25, 0.3) is 0 Å². The molecule has 0 saturated heterocycles. The van der Waals surface area contributed by atoms with E-state index in [2.05, 4.69) is 15.9 Å². The molecule has 1 unspecified atom stereocenters. The second-order valence-corrected chi connectivity index (χ2v) is 5.85. The van der Waals surface area contributed by atoms with Gasteiger partial charge in [0.2, 0.25) is 0 Å². The third-order valence-electron chi connectivity index (χ3n) is 2.41. The SMILES string of the molecule is FC(F)(F)c1ccccc1C(Br)c1sccc1Cl. The first-order valence-corrected chi connectivity index (χ1v) is 7.11. The van der Waals surface area contributed by atoms with Crippen molar-refractivity contribution in [2.45, 2.75) is 11.0 Å². The number of rotatable bonds is 2. The Hall–Kier alpha value is -0.520. The molecule has 0 aliphatic heterocycles. The summed E-state index contributed by atoms with van der Waals surface area (Å²) in [4.78, 5) is 0.121. The van der Waals surface area contributed by atoms with Crippen molar-refractivity contribution in [2.24, 2.45) is 0 Å². The molecule has 0 saturated carbocycles. The summed E-state index contributed by atoms with van der Waals surface area (Å²) in [6.45, 7) is 0. The highest BCUT2D eigenvalue weighted by atomic mass is 79.9. The maximum absolute atomic E-state index is 12.9. The largest absolute Gasteiger partial charge is 0.416 e. The van der Waals surface area contributed by atoms with Gasteiger partial charge in [-0.3, -0.25) is 0 Å². The van der Waals surface area contributed by atoms with Gasteiger partial charge in [-0.1, -0.05) is 45.7 Å². The Kier molecular flexibility index (Phi) is 4.04. The summed E-state index contributed by atoms with van der Waals surface area (Å²) in [6.07, 6.45) is -4.37. The average Bonchev–Trinajstić information content (AvgIpc) is 2.73. The van der Waals surface area contributed by atoms with E-state index in [0.717, 1.165) is 6.07 Å². The first-order valence-electron chi connectivity index (χ1n) is 4.94. The van der Waals surface area contributed by atoms with Gasteiger partial charge in [0.15, 0.2) is 0 Å². The Labute approximate surface area is 120 Å². The number of hydrogen-bond acceptors (Lipinski definition) is 1. The maximum Gasteiger partial charge on any atom is 0.416 e. The van der Waals surface area contributed by atoms with Gasteiger partial charge >= 0.3 is 6.18 Å². The van der Waals surface area contributed by atoms with Gasteiger partial charge in [0, 0.05) is 4.88 Å². The van der Waals surface area contributed by atoms with E-state index in [1.54, 1.807) is 17.5 Å².